The van der Waals surface area contributed by atoms with Crippen molar-refractivity contribution in [1.29, 1.82) is 0 Å². The third-order valence-electron chi connectivity index (χ3n) is 8.87. The Morgan fingerprint density at radius 3 is 2.68 bits per heavy atom. The SMILES string of the molecule is C[C@@H]1C[C@@H]2[C@H]([C@@H](O)C[C@]3(C)[C@@H]([C@@H](C)O)CC[C@@H]23)[C@@]2(C)CCC(=O)C=C12. The van der Waals surface area contributed by atoms with Gasteiger partial charge in [-0.3, -0.25) is 4.79 Å². The van der Waals surface area contributed by atoms with E-state index in [2.05, 4.69) is 20.8 Å². The summed E-state index contributed by atoms with van der Waals surface area (Å²) in [6.45, 7) is 8.84. The van der Waals surface area contributed by atoms with E-state index in [1.165, 1.54) is 12.0 Å². The van der Waals surface area contributed by atoms with Crippen molar-refractivity contribution < 1.29 is 15.0 Å². The minimum Gasteiger partial charge on any atom is -0.393 e. The van der Waals surface area contributed by atoms with E-state index in [0.29, 0.717) is 30.1 Å². The number of fused-ring (bicyclic) bond motifs is 5. The van der Waals surface area contributed by atoms with Gasteiger partial charge in [-0.15, -0.1) is 0 Å². The summed E-state index contributed by atoms with van der Waals surface area (Å²) in [5, 5.41) is 21.6. The average molecular weight is 347 g/mol. The van der Waals surface area contributed by atoms with Crippen LogP contribution in [0.15, 0.2) is 11.6 Å². The lowest BCUT2D eigenvalue weighted by molar-refractivity contribution is -0.145. The molecule has 0 aromatic heterocycles. The summed E-state index contributed by atoms with van der Waals surface area (Å²) < 4.78 is 0. The minimum absolute atomic E-state index is 0.0279. The molecule has 0 spiro atoms. The third kappa shape index (κ3) is 2.34. The first kappa shape index (κ1) is 17.7. The van der Waals surface area contributed by atoms with Crippen LogP contribution in [0.4, 0.5) is 0 Å². The summed E-state index contributed by atoms with van der Waals surface area (Å²) in [6.07, 6.45) is 6.98. The van der Waals surface area contributed by atoms with Crippen molar-refractivity contribution in [3.63, 3.8) is 0 Å². The van der Waals surface area contributed by atoms with Gasteiger partial charge in [0, 0.05) is 6.42 Å². The molecule has 140 valence electrons. The van der Waals surface area contributed by atoms with Crippen LogP contribution in [-0.4, -0.2) is 28.2 Å². The number of aliphatic hydroxyl groups excluding tert-OH is 2. The summed E-state index contributed by atoms with van der Waals surface area (Å²) >= 11 is 0. The highest BCUT2D eigenvalue weighted by Crippen LogP contribution is 2.67. The lowest BCUT2D eigenvalue weighted by Gasteiger charge is -2.61. The fourth-order valence-electron chi connectivity index (χ4n) is 7.95. The van der Waals surface area contributed by atoms with Gasteiger partial charge in [0.1, 0.15) is 0 Å². The average Bonchev–Trinajstić information content (AvgIpc) is 2.85. The van der Waals surface area contributed by atoms with Gasteiger partial charge in [0.05, 0.1) is 12.2 Å². The maximum atomic E-state index is 12.0. The second-order valence-corrected chi connectivity index (χ2v) is 10.1. The normalized spacial score (nSPS) is 53.5. The van der Waals surface area contributed by atoms with Gasteiger partial charge in [-0.05, 0) is 85.5 Å². The Morgan fingerprint density at radius 1 is 1.28 bits per heavy atom. The van der Waals surface area contributed by atoms with Crippen molar-refractivity contribution in [2.45, 2.75) is 78.4 Å². The van der Waals surface area contributed by atoms with Gasteiger partial charge in [0.15, 0.2) is 5.78 Å². The zero-order valence-corrected chi connectivity index (χ0v) is 16.2. The lowest BCUT2D eigenvalue weighted by Crippen LogP contribution is -2.58. The summed E-state index contributed by atoms with van der Waals surface area (Å²) in [5.74, 6) is 2.38. The molecule has 3 nitrogen and oxygen atoms in total. The molecule has 0 aromatic carbocycles. The summed E-state index contributed by atoms with van der Waals surface area (Å²) in [4.78, 5) is 12.0. The fraction of sp³-hybridized carbons (Fsp3) is 0.864. The predicted molar refractivity (Wildman–Crippen MR) is 97.8 cm³/mol. The van der Waals surface area contributed by atoms with Gasteiger partial charge in [-0.2, -0.15) is 0 Å². The van der Waals surface area contributed by atoms with Gasteiger partial charge in [-0.1, -0.05) is 26.3 Å². The van der Waals surface area contributed by atoms with Crippen molar-refractivity contribution in [2.75, 3.05) is 0 Å². The van der Waals surface area contributed by atoms with Crippen LogP contribution >= 0.6 is 0 Å². The van der Waals surface area contributed by atoms with Crippen LogP contribution in [0.5, 0.6) is 0 Å². The second-order valence-electron chi connectivity index (χ2n) is 10.1. The van der Waals surface area contributed by atoms with Crippen LogP contribution in [0.2, 0.25) is 0 Å². The van der Waals surface area contributed by atoms with Crippen molar-refractivity contribution in [3.05, 3.63) is 11.6 Å². The number of carbonyl (C=O) groups is 1. The molecule has 2 N–H and O–H groups in total. The van der Waals surface area contributed by atoms with Crippen LogP contribution in [0.3, 0.4) is 0 Å². The first-order valence-corrected chi connectivity index (χ1v) is 10.3. The molecule has 0 unspecified atom stereocenters. The Kier molecular flexibility index (Phi) is 4.01. The smallest absolute Gasteiger partial charge is 0.155 e. The van der Waals surface area contributed by atoms with Crippen molar-refractivity contribution in [1.82, 2.24) is 0 Å². The van der Waals surface area contributed by atoms with E-state index in [0.717, 1.165) is 25.7 Å². The van der Waals surface area contributed by atoms with Crippen LogP contribution in [0.1, 0.15) is 66.2 Å². The Balaban J connectivity index is 1.75. The lowest BCUT2D eigenvalue weighted by atomic mass is 9.44. The minimum atomic E-state index is -0.320. The molecule has 0 radical (unpaired) electrons. The van der Waals surface area contributed by atoms with E-state index in [1.807, 2.05) is 13.0 Å². The highest BCUT2D eigenvalue weighted by atomic mass is 16.3. The van der Waals surface area contributed by atoms with E-state index < -0.39 is 0 Å². The Morgan fingerprint density at radius 2 is 2.00 bits per heavy atom. The van der Waals surface area contributed by atoms with E-state index >= 15 is 0 Å². The van der Waals surface area contributed by atoms with Gasteiger partial charge in [0.25, 0.3) is 0 Å². The Labute approximate surface area is 151 Å². The van der Waals surface area contributed by atoms with E-state index in [-0.39, 0.29) is 34.7 Å². The molecule has 4 aliphatic rings. The zero-order chi connectivity index (χ0) is 18.1. The molecule has 3 fully saturated rings. The largest absolute Gasteiger partial charge is 0.393 e. The quantitative estimate of drug-likeness (QED) is 0.760. The van der Waals surface area contributed by atoms with Gasteiger partial charge in [-0.25, -0.2) is 0 Å². The van der Waals surface area contributed by atoms with Crippen molar-refractivity contribution in [3.8, 4) is 0 Å². The number of hydrogen-bond acceptors (Lipinski definition) is 3. The molecule has 4 rings (SSSR count). The predicted octanol–water partition coefficient (Wildman–Crippen LogP) is 3.73. The number of aliphatic hydroxyl groups is 2. The molecule has 0 bridgehead atoms. The van der Waals surface area contributed by atoms with Crippen molar-refractivity contribution in [2.24, 2.45) is 40.4 Å². The standard InChI is InChI=1S/C22H34O3/c1-12-9-15-17-6-5-16(13(2)23)22(17,4)11-19(25)20(15)21(3)8-7-14(24)10-18(12)21/h10,12-13,15-17,19-20,23,25H,5-9,11H2,1-4H3/t12-,13-,15+,16-,17+,19+,20-,21+,22-/m1/s1. The Bertz CT molecular complexity index is 608. The van der Waals surface area contributed by atoms with Gasteiger partial charge in [0.2, 0.25) is 0 Å². The molecule has 0 amide bonds. The molecule has 0 aromatic rings. The Hall–Kier alpha value is -0.670. The highest BCUT2D eigenvalue weighted by Gasteiger charge is 2.63. The molecule has 4 aliphatic carbocycles. The van der Waals surface area contributed by atoms with Gasteiger partial charge < -0.3 is 10.2 Å². The highest BCUT2D eigenvalue weighted by molar-refractivity contribution is 5.91. The van der Waals surface area contributed by atoms with Gasteiger partial charge >= 0.3 is 0 Å². The second kappa shape index (κ2) is 5.66. The summed E-state index contributed by atoms with van der Waals surface area (Å²) in [6, 6.07) is 0. The topological polar surface area (TPSA) is 57.5 Å². The molecule has 3 saturated carbocycles. The number of allylic oxidation sites excluding steroid dienone is 1. The van der Waals surface area contributed by atoms with Crippen LogP contribution < -0.4 is 0 Å². The number of carbonyl (C=O) groups excluding carboxylic acids is 1. The van der Waals surface area contributed by atoms with Crippen LogP contribution in [0, 0.1) is 40.4 Å². The molecule has 9 atom stereocenters. The number of ketones is 1. The summed E-state index contributed by atoms with van der Waals surface area (Å²) in [7, 11) is 0. The number of rotatable bonds is 1. The maximum Gasteiger partial charge on any atom is 0.155 e. The number of hydrogen-bond donors (Lipinski definition) is 2. The molecular formula is C22H34O3. The molecule has 25 heavy (non-hydrogen) atoms. The van der Waals surface area contributed by atoms with E-state index in [9.17, 15) is 15.0 Å². The maximum absolute atomic E-state index is 12.0. The van der Waals surface area contributed by atoms with Crippen LogP contribution in [0.25, 0.3) is 0 Å². The molecule has 3 heteroatoms. The molecule has 0 aliphatic heterocycles. The summed E-state index contributed by atoms with van der Waals surface area (Å²) in [5.41, 5.74) is 1.33. The van der Waals surface area contributed by atoms with Crippen molar-refractivity contribution >= 4 is 5.78 Å². The zero-order valence-electron chi connectivity index (χ0n) is 16.2. The van der Waals surface area contributed by atoms with Crippen LogP contribution in [-0.2, 0) is 4.79 Å². The fourth-order valence-corrected chi connectivity index (χ4v) is 7.95. The van der Waals surface area contributed by atoms with E-state index in [4.69, 9.17) is 0 Å². The first-order valence-electron chi connectivity index (χ1n) is 10.3. The van der Waals surface area contributed by atoms with E-state index in [1.54, 1.807) is 0 Å². The third-order valence-corrected chi connectivity index (χ3v) is 8.87. The molecule has 0 heterocycles. The first-order chi connectivity index (χ1) is 11.7. The monoisotopic (exact) mass is 346 g/mol. The molecule has 0 saturated heterocycles. The molecular weight excluding hydrogens is 312 g/mol.